The molecule has 0 bridgehead atoms. The third-order valence-corrected chi connectivity index (χ3v) is 4.48. The van der Waals surface area contributed by atoms with E-state index in [0.717, 1.165) is 38.5 Å². The summed E-state index contributed by atoms with van der Waals surface area (Å²) in [5, 5.41) is 2.96. The zero-order valence-corrected chi connectivity index (χ0v) is 13.1. The smallest absolute Gasteiger partial charge is 0.233 e. The minimum atomic E-state index is -0.657. The number of methoxy groups -OCH3 is 1. The molecule has 0 heterocycles. The lowest BCUT2D eigenvalue weighted by molar-refractivity contribution is -0.129. The van der Waals surface area contributed by atoms with Crippen molar-refractivity contribution in [3.63, 3.8) is 0 Å². The van der Waals surface area contributed by atoms with Gasteiger partial charge in [0, 0.05) is 13.7 Å². The van der Waals surface area contributed by atoms with Gasteiger partial charge in [0.05, 0.1) is 16.0 Å². The van der Waals surface area contributed by atoms with Crippen molar-refractivity contribution < 1.29 is 9.53 Å². The van der Waals surface area contributed by atoms with Crippen molar-refractivity contribution in [2.24, 2.45) is 11.1 Å². The third kappa shape index (κ3) is 4.14. The number of hydrogen-bond donors (Lipinski definition) is 2. The molecule has 0 spiro atoms. The minimum Gasteiger partial charge on any atom is -0.392 e. The summed E-state index contributed by atoms with van der Waals surface area (Å²) in [6.45, 7) is 4.34. The van der Waals surface area contributed by atoms with Gasteiger partial charge in [-0.3, -0.25) is 4.79 Å². The summed E-state index contributed by atoms with van der Waals surface area (Å²) < 4.78 is 5.31. The lowest BCUT2D eigenvalue weighted by Crippen LogP contribution is -2.51. The Hall–Kier alpha value is -0.680. The zero-order valence-electron chi connectivity index (χ0n) is 12.3. The summed E-state index contributed by atoms with van der Waals surface area (Å²) in [6, 6.07) is 0. The number of carbonyl (C=O) groups excluding carboxylic acids is 1. The number of rotatable bonds is 5. The van der Waals surface area contributed by atoms with Crippen molar-refractivity contribution in [2.45, 2.75) is 58.0 Å². The van der Waals surface area contributed by atoms with E-state index in [4.69, 9.17) is 22.7 Å². The highest BCUT2D eigenvalue weighted by Gasteiger charge is 2.41. The van der Waals surface area contributed by atoms with Crippen LogP contribution in [-0.2, 0) is 9.53 Å². The highest BCUT2D eigenvalue weighted by atomic mass is 32.1. The molecule has 0 saturated heterocycles. The summed E-state index contributed by atoms with van der Waals surface area (Å²) in [5.41, 5.74) is 4.85. The Kier molecular flexibility index (Phi) is 5.74. The molecule has 1 amide bonds. The Morgan fingerprint density at radius 1 is 1.32 bits per heavy atom. The molecule has 19 heavy (non-hydrogen) atoms. The van der Waals surface area contributed by atoms with Crippen molar-refractivity contribution in [1.29, 1.82) is 0 Å². The number of carbonyl (C=O) groups is 1. The van der Waals surface area contributed by atoms with Crippen LogP contribution < -0.4 is 11.1 Å². The Balaban J connectivity index is 2.75. The monoisotopic (exact) mass is 286 g/mol. The van der Waals surface area contributed by atoms with Crippen molar-refractivity contribution in [3.05, 3.63) is 0 Å². The second-order valence-corrected chi connectivity index (χ2v) is 6.45. The minimum absolute atomic E-state index is 0.0352. The maximum Gasteiger partial charge on any atom is 0.233 e. The molecule has 1 fully saturated rings. The molecule has 0 aromatic rings. The average molecular weight is 286 g/mol. The standard InChI is InChI=1S/C14H26N2O2S/c1-13(2,18-3)10-16-12(17)14(11(15)19)8-6-4-5-7-9-14/h4-10H2,1-3H3,(H2,15,19)(H,16,17). The van der Waals surface area contributed by atoms with Gasteiger partial charge in [0.2, 0.25) is 5.91 Å². The molecule has 1 aliphatic rings. The molecular formula is C14H26N2O2S. The van der Waals surface area contributed by atoms with E-state index in [1.807, 2.05) is 13.8 Å². The molecule has 1 rings (SSSR count). The number of thiocarbonyl (C=S) groups is 1. The predicted octanol–water partition coefficient (Wildman–Crippen LogP) is 2.15. The van der Waals surface area contributed by atoms with Crippen LogP contribution in [0.5, 0.6) is 0 Å². The van der Waals surface area contributed by atoms with Gasteiger partial charge in [0.25, 0.3) is 0 Å². The number of amides is 1. The number of nitrogens with two attached hydrogens (primary N) is 1. The van der Waals surface area contributed by atoms with Crippen LogP contribution in [0.1, 0.15) is 52.4 Å². The molecule has 0 aliphatic heterocycles. The van der Waals surface area contributed by atoms with E-state index in [9.17, 15) is 4.79 Å². The number of hydrogen-bond acceptors (Lipinski definition) is 3. The molecule has 3 N–H and O–H groups in total. The fraction of sp³-hybridized carbons (Fsp3) is 0.857. The normalized spacial score (nSPS) is 19.5. The molecule has 0 radical (unpaired) electrons. The van der Waals surface area contributed by atoms with Gasteiger partial charge in [0.15, 0.2) is 0 Å². The Labute approximate surface area is 121 Å². The van der Waals surface area contributed by atoms with Gasteiger partial charge in [-0.1, -0.05) is 37.9 Å². The summed E-state index contributed by atoms with van der Waals surface area (Å²) in [7, 11) is 1.64. The molecule has 0 aromatic carbocycles. The lowest BCUT2D eigenvalue weighted by Gasteiger charge is -2.32. The maximum atomic E-state index is 12.5. The highest BCUT2D eigenvalue weighted by molar-refractivity contribution is 7.80. The van der Waals surface area contributed by atoms with Crippen molar-refractivity contribution in [2.75, 3.05) is 13.7 Å². The predicted molar refractivity (Wildman–Crippen MR) is 81.0 cm³/mol. The van der Waals surface area contributed by atoms with E-state index in [-0.39, 0.29) is 11.5 Å². The van der Waals surface area contributed by atoms with Gasteiger partial charge in [-0.2, -0.15) is 0 Å². The van der Waals surface area contributed by atoms with Crippen molar-refractivity contribution >= 4 is 23.1 Å². The Morgan fingerprint density at radius 3 is 2.26 bits per heavy atom. The molecular weight excluding hydrogens is 260 g/mol. The van der Waals surface area contributed by atoms with Crippen LogP contribution in [0.15, 0.2) is 0 Å². The number of nitrogens with one attached hydrogen (secondary N) is 1. The SMILES string of the molecule is COC(C)(C)CNC(=O)C1(C(N)=S)CCCCCC1. The molecule has 0 unspecified atom stereocenters. The fourth-order valence-corrected chi connectivity index (χ4v) is 2.75. The van der Waals surface area contributed by atoms with Gasteiger partial charge < -0.3 is 15.8 Å². The molecule has 110 valence electrons. The first kappa shape index (κ1) is 16.4. The van der Waals surface area contributed by atoms with Gasteiger partial charge in [0.1, 0.15) is 0 Å². The Morgan fingerprint density at radius 2 is 1.84 bits per heavy atom. The van der Waals surface area contributed by atoms with E-state index in [1.165, 1.54) is 0 Å². The molecule has 5 heteroatoms. The quantitative estimate of drug-likeness (QED) is 0.600. The first-order valence-electron chi connectivity index (χ1n) is 6.97. The van der Waals surface area contributed by atoms with Gasteiger partial charge in [-0.15, -0.1) is 0 Å². The van der Waals surface area contributed by atoms with Crippen LogP contribution in [0.25, 0.3) is 0 Å². The first-order chi connectivity index (χ1) is 8.84. The average Bonchev–Trinajstić information content (AvgIpc) is 2.62. The summed E-state index contributed by atoms with van der Waals surface area (Å²) >= 11 is 5.19. The molecule has 0 aromatic heterocycles. The van der Waals surface area contributed by atoms with Crippen LogP contribution in [0.4, 0.5) is 0 Å². The van der Waals surface area contributed by atoms with Crippen LogP contribution in [-0.4, -0.2) is 30.2 Å². The summed E-state index contributed by atoms with van der Waals surface area (Å²) in [5.74, 6) is -0.0352. The van der Waals surface area contributed by atoms with E-state index < -0.39 is 5.41 Å². The van der Waals surface area contributed by atoms with Crippen LogP contribution in [0.3, 0.4) is 0 Å². The summed E-state index contributed by atoms with van der Waals surface area (Å²) in [4.78, 5) is 12.9. The van der Waals surface area contributed by atoms with Gasteiger partial charge in [-0.05, 0) is 26.7 Å². The fourth-order valence-electron chi connectivity index (χ4n) is 2.45. The molecule has 1 aliphatic carbocycles. The van der Waals surface area contributed by atoms with E-state index in [2.05, 4.69) is 5.32 Å². The Bertz CT molecular complexity index is 334. The van der Waals surface area contributed by atoms with E-state index >= 15 is 0 Å². The second kappa shape index (κ2) is 6.66. The van der Waals surface area contributed by atoms with E-state index in [1.54, 1.807) is 7.11 Å². The zero-order chi connectivity index (χ0) is 14.5. The topological polar surface area (TPSA) is 64.3 Å². The van der Waals surface area contributed by atoms with Crippen LogP contribution in [0.2, 0.25) is 0 Å². The first-order valence-corrected chi connectivity index (χ1v) is 7.38. The lowest BCUT2D eigenvalue weighted by atomic mass is 9.79. The van der Waals surface area contributed by atoms with Crippen molar-refractivity contribution in [1.82, 2.24) is 5.32 Å². The molecule has 1 saturated carbocycles. The van der Waals surface area contributed by atoms with Gasteiger partial charge >= 0.3 is 0 Å². The molecule has 4 nitrogen and oxygen atoms in total. The molecule has 0 atom stereocenters. The van der Waals surface area contributed by atoms with E-state index in [0.29, 0.717) is 11.5 Å². The van der Waals surface area contributed by atoms with Crippen molar-refractivity contribution in [3.8, 4) is 0 Å². The highest BCUT2D eigenvalue weighted by Crippen LogP contribution is 2.35. The maximum absolute atomic E-state index is 12.5. The number of ether oxygens (including phenoxy) is 1. The van der Waals surface area contributed by atoms with Crippen LogP contribution in [0, 0.1) is 5.41 Å². The third-order valence-electron chi connectivity index (χ3n) is 4.09. The summed E-state index contributed by atoms with van der Waals surface area (Å²) in [6.07, 6.45) is 5.86. The largest absolute Gasteiger partial charge is 0.392 e. The van der Waals surface area contributed by atoms with Crippen LogP contribution >= 0.6 is 12.2 Å². The van der Waals surface area contributed by atoms with Gasteiger partial charge in [-0.25, -0.2) is 0 Å². The second-order valence-electron chi connectivity index (χ2n) is 6.01.